The second kappa shape index (κ2) is 13.9. The first-order valence-corrected chi connectivity index (χ1v) is 21.8. The molecule has 13 rings (SSSR count). The molecule has 63 heavy (non-hydrogen) atoms. The van der Waals surface area contributed by atoms with E-state index in [2.05, 4.69) is 241 Å². The topological polar surface area (TPSA) is 16.4 Å². The molecule has 0 atom stereocenters. The van der Waals surface area contributed by atoms with Gasteiger partial charge in [-0.25, -0.2) is 0 Å². The Labute approximate surface area is 365 Å². The highest BCUT2D eigenvalue weighted by atomic mass is 16.3. The molecule has 1 heterocycles. The summed E-state index contributed by atoms with van der Waals surface area (Å²) >= 11 is 0. The van der Waals surface area contributed by atoms with Crippen LogP contribution in [0.1, 0.15) is 22.3 Å². The molecule has 12 aromatic rings. The van der Waals surface area contributed by atoms with Gasteiger partial charge in [-0.3, -0.25) is 0 Å². The average molecular weight is 802 g/mol. The van der Waals surface area contributed by atoms with Crippen LogP contribution in [0.25, 0.3) is 76.5 Å². The fraction of sp³-hybridized carbons (Fsp3) is 0.0164. The summed E-state index contributed by atoms with van der Waals surface area (Å²) < 4.78 is 7.44. The van der Waals surface area contributed by atoms with E-state index >= 15 is 0 Å². The lowest BCUT2D eigenvalue weighted by molar-refractivity contribution is 0.669. The zero-order chi connectivity index (χ0) is 41.5. The zero-order valence-electron chi connectivity index (χ0n) is 34.4. The number of furan rings is 1. The summed E-state index contributed by atoms with van der Waals surface area (Å²) in [7, 11) is 0. The Balaban J connectivity index is 1.08. The van der Waals surface area contributed by atoms with Gasteiger partial charge < -0.3 is 9.32 Å². The minimum atomic E-state index is -0.519. The molecule has 0 bridgehead atoms. The molecular weight excluding hydrogens is 763 g/mol. The van der Waals surface area contributed by atoms with Crippen LogP contribution in [-0.2, 0) is 5.41 Å². The van der Waals surface area contributed by atoms with Gasteiger partial charge in [-0.1, -0.05) is 206 Å². The monoisotopic (exact) mass is 801 g/mol. The van der Waals surface area contributed by atoms with Gasteiger partial charge in [-0.15, -0.1) is 0 Å². The fourth-order valence-electron chi connectivity index (χ4n) is 10.8. The predicted molar refractivity (Wildman–Crippen MR) is 264 cm³/mol. The molecule has 0 aliphatic heterocycles. The third-order valence-electron chi connectivity index (χ3n) is 13.5. The highest BCUT2D eigenvalue weighted by Crippen LogP contribution is 2.59. The molecule has 2 heteroatoms. The van der Waals surface area contributed by atoms with Crippen LogP contribution in [0, 0.1) is 0 Å². The molecule has 0 radical (unpaired) electrons. The highest BCUT2D eigenvalue weighted by molar-refractivity contribution is 6.26. The second-order valence-corrected chi connectivity index (χ2v) is 16.7. The smallest absolute Gasteiger partial charge is 0.159 e. The van der Waals surface area contributed by atoms with Crippen molar-refractivity contribution in [3.05, 3.63) is 259 Å². The summed E-state index contributed by atoms with van der Waals surface area (Å²) in [4.78, 5) is 2.38. The Morgan fingerprint density at radius 2 is 0.810 bits per heavy atom. The minimum Gasteiger partial charge on any atom is -0.453 e. The molecule has 0 spiro atoms. The highest BCUT2D eigenvalue weighted by Gasteiger charge is 2.47. The van der Waals surface area contributed by atoms with Gasteiger partial charge in [0.05, 0.1) is 11.1 Å². The Morgan fingerprint density at radius 3 is 1.48 bits per heavy atom. The third-order valence-corrected chi connectivity index (χ3v) is 13.5. The molecule has 0 saturated heterocycles. The van der Waals surface area contributed by atoms with E-state index in [-0.39, 0.29) is 0 Å². The summed E-state index contributed by atoms with van der Waals surface area (Å²) in [5.41, 5.74) is 14.0. The zero-order valence-corrected chi connectivity index (χ0v) is 34.4. The first kappa shape index (κ1) is 35.5. The second-order valence-electron chi connectivity index (χ2n) is 16.7. The number of benzene rings is 11. The molecule has 2 nitrogen and oxygen atoms in total. The lowest BCUT2D eigenvalue weighted by Crippen LogP contribution is -2.28. The van der Waals surface area contributed by atoms with Crippen LogP contribution >= 0.6 is 0 Å². The van der Waals surface area contributed by atoms with Gasteiger partial charge in [0.25, 0.3) is 0 Å². The van der Waals surface area contributed by atoms with Crippen LogP contribution in [0.4, 0.5) is 17.1 Å². The van der Waals surface area contributed by atoms with Crippen molar-refractivity contribution in [2.75, 3.05) is 4.90 Å². The molecule has 0 N–H and O–H groups in total. The first-order valence-electron chi connectivity index (χ1n) is 21.8. The van der Waals surface area contributed by atoms with Gasteiger partial charge in [0.1, 0.15) is 5.58 Å². The van der Waals surface area contributed by atoms with Crippen molar-refractivity contribution in [1.29, 1.82) is 0 Å². The van der Waals surface area contributed by atoms with E-state index in [0.29, 0.717) is 0 Å². The molecule has 1 aromatic heterocycles. The van der Waals surface area contributed by atoms with Gasteiger partial charge in [-0.2, -0.15) is 0 Å². The minimum absolute atomic E-state index is 0.519. The Kier molecular flexibility index (Phi) is 7.85. The first-order chi connectivity index (χ1) is 31.3. The van der Waals surface area contributed by atoms with Crippen LogP contribution in [-0.4, -0.2) is 0 Å². The number of hydrogen-bond donors (Lipinski definition) is 0. The van der Waals surface area contributed by atoms with Gasteiger partial charge in [-0.05, 0) is 102 Å². The van der Waals surface area contributed by atoms with Gasteiger partial charge in [0.15, 0.2) is 5.58 Å². The maximum Gasteiger partial charge on any atom is 0.159 e. The molecule has 1 aliphatic carbocycles. The van der Waals surface area contributed by atoms with Crippen molar-refractivity contribution >= 4 is 71.3 Å². The van der Waals surface area contributed by atoms with E-state index in [0.717, 1.165) is 44.6 Å². The standard InChI is InChI=1S/C61H39NO/c1-4-17-40(18-5-1)41-31-33-44(34-32-41)62(45-35-36-50-48-25-11-10-23-46(48)47-24-12-13-26-49(47)54(50)39-45)57-30-16-28-51-52-37-38-56-58(60(52)63-59(51)57)53-27-14-15-29-55(53)61(56,42-19-6-2-7-20-42)43-21-8-3-9-22-43/h1-39H. The number of nitrogens with zero attached hydrogens (tertiary/aromatic N) is 1. The number of hydrogen-bond acceptors (Lipinski definition) is 2. The van der Waals surface area contributed by atoms with Crippen LogP contribution in [0.15, 0.2) is 241 Å². The van der Waals surface area contributed by atoms with Crippen molar-refractivity contribution in [1.82, 2.24) is 0 Å². The van der Waals surface area contributed by atoms with Crippen LogP contribution in [0.5, 0.6) is 0 Å². The summed E-state index contributed by atoms with van der Waals surface area (Å²) in [5, 5.41) is 9.67. The average Bonchev–Trinajstić information content (AvgIpc) is 3.90. The van der Waals surface area contributed by atoms with E-state index in [4.69, 9.17) is 4.42 Å². The summed E-state index contributed by atoms with van der Waals surface area (Å²) in [6, 6.07) is 86.2. The quantitative estimate of drug-likeness (QED) is 0.156. The van der Waals surface area contributed by atoms with Crippen molar-refractivity contribution in [3.63, 3.8) is 0 Å². The normalized spacial score (nSPS) is 12.9. The SMILES string of the molecule is c1ccc(-c2ccc(N(c3ccc4c5ccccc5c5ccccc5c4c3)c3cccc4c3oc3c5c(ccc34)C(c3ccccc3)(c3ccccc3)c3ccccc3-5)cc2)cc1. The van der Waals surface area contributed by atoms with E-state index in [9.17, 15) is 0 Å². The molecule has 0 saturated carbocycles. The molecule has 0 fully saturated rings. The van der Waals surface area contributed by atoms with Crippen LogP contribution in [0.3, 0.4) is 0 Å². The van der Waals surface area contributed by atoms with Gasteiger partial charge in [0.2, 0.25) is 0 Å². The van der Waals surface area contributed by atoms with Crippen molar-refractivity contribution in [2.45, 2.75) is 5.41 Å². The Morgan fingerprint density at radius 1 is 0.317 bits per heavy atom. The van der Waals surface area contributed by atoms with Gasteiger partial charge >= 0.3 is 0 Å². The maximum absolute atomic E-state index is 7.44. The van der Waals surface area contributed by atoms with Crippen LogP contribution < -0.4 is 4.90 Å². The van der Waals surface area contributed by atoms with E-state index in [1.165, 1.54) is 71.3 Å². The molecule has 294 valence electrons. The number of para-hydroxylation sites is 1. The summed E-state index contributed by atoms with van der Waals surface area (Å²) in [6.45, 7) is 0. The summed E-state index contributed by atoms with van der Waals surface area (Å²) in [5.74, 6) is 0. The largest absolute Gasteiger partial charge is 0.453 e. The molecule has 0 amide bonds. The Hall–Kier alpha value is -8.20. The van der Waals surface area contributed by atoms with Crippen LogP contribution in [0.2, 0.25) is 0 Å². The molecule has 11 aromatic carbocycles. The number of rotatable bonds is 6. The number of fused-ring (bicyclic) bond motifs is 13. The number of anilines is 3. The molecular formula is C61H39NO. The molecule has 0 unspecified atom stereocenters. The predicted octanol–water partition coefficient (Wildman–Crippen LogP) is 16.5. The summed E-state index contributed by atoms with van der Waals surface area (Å²) in [6.07, 6.45) is 0. The van der Waals surface area contributed by atoms with Crippen molar-refractivity contribution in [2.24, 2.45) is 0 Å². The van der Waals surface area contributed by atoms with Crippen molar-refractivity contribution in [3.8, 4) is 22.3 Å². The Bertz CT molecular complexity index is 3640. The van der Waals surface area contributed by atoms with E-state index < -0.39 is 5.41 Å². The van der Waals surface area contributed by atoms with E-state index in [1.807, 2.05) is 0 Å². The van der Waals surface area contributed by atoms with E-state index in [1.54, 1.807) is 0 Å². The third kappa shape index (κ3) is 5.19. The van der Waals surface area contributed by atoms with Crippen molar-refractivity contribution < 1.29 is 4.42 Å². The molecule has 1 aliphatic rings. The lowest BCUT2D eigenvalue weighted by atomic mass is 9.68. The maximum atomic E-state index is 7.44. The lowest BCUT2D eigenvalue weighted by Gasteiger charge is -2.33. The fourth-order valence-corrected chi connectivity index (χ4v) is 10.8. The van der Waals surface area contributed by atoms with Gasteiger partial charge in [0, 0.05) is 27.7 Å².